The van der Waals surface area contributed by atoms with E-state index in [2.05, 4.69) is 11.4 Å². The van der Waals surface area contributed by atoms with Crippen molar-refractivity contribution in [3.05, 3.63) is 46.4 Å². The van der Waals surface area contributed by atoms with E-state index in [1.807, 2.05) is 22.8 Å². The summed E-state index contributed by atoms with van der Waals surface area (Å²) in [5.74, 6) is 1.60. The van der Waals surface area contributed by atoms with Crippen LogP contribution in [0.2, 0.25) is 0 Å². The fraction of sp³-hybridized carbons (Fsp3) is 0.429. The van der Waals surface area contributed by atoms with Crippen molar-refractivity contribution in [2.45, 2.75) is 25.8 Å². The Kier molecular flexibility index (Phi) is 6.04. The molecule has 0 spiro atoms. The van der Waals surface area contributed by atoms with Crippen molar-refractivity contribution in [2.24, 2.45) is 5.92 Å². The number of aliphatic carboxylic acids is 1. The van der Waals surface area contributed by atoms with Crippen LogP contribution in [0.25, 0.3) is 11.1 Å². The molecule has 2 atom stereocenters. The molecule has 0 unspecified atom stereocenters. The summed E-state index contributed by atoms with van der Waals surface area (Å²) in [4.78, 5) is 21.7. The fourth-order valence-corrected chi connectivity index (χ4v) is 4.00. The Morgan fingerprint density at radius 1 is 1.18 bits per heavy atom. The molecule has 28 heavy (non-hydrogen) atoms. The molecule has 2 N–H and O–H groups in total. The SMILES string of the molecule is CC(=O)O.COc1ccc(-c2cc3n(c(=O)c2)C[C@@H]2CNC[C@H]3C2)c(OC)c1. The van der Waals surface area contributed by atoms with E-state index in [0.717, 1.165) is 55.5 Å². The number of piperidine rings is 1. The molecule has 1 aromatic heterocycles. The van der Waals surface area contributed by atoms with Gasteiger partial charge in [-0.1, -0.05) is 0 Å². The first kappa shape index (κ1) is 19.9. The van der Waals surface area contributed by atoms with E-state index >= 15 is 0 Å². The van der Waals surface area contributed by atoms with E-state index in [1.165, 1.54) is 0 Å². The molecular formula is C21H26N2O5. The number of pyridine rings is 1. The average molecular weight is 386 g/mol. The van der Waals surface area contributed by atoms with Gasteiger partial charge in [0.2, 0.25) is 0 Å². The third-order valence-electron chi connectivity index (χ3n) is 5.18. The van der Waals surface area contributed by atoms with Crippen LogP contribution in [0.1, 0.15) is 25.0 Å². The van der Waals surface area contributed by atoms with Crippen molar-refractivity contribution >= 4 is 5.97 Å². The molecule has 1 fully saturated rings. The lowest BCUT2D eigenvalue weighted by atomic mass is 9.83. The molecule has 2 bridgehead atoms. The number of hydrogen-bond donors (Lipinski definition) is 2. The summed E-state index contributed by atoms with van der Waals surface area (Å²) >= 11 is 0. The zero-order valence-corrected chi connectivity index (χ0v) is 16.4. The first-order valence-corrected chi connectivity index (χ1v) is 9.30. The molecule has 3 heterocycles. The highest BCUT2D eigenvalue weighted by atomic mass is 16.5. The van der Waals surface area contributed by atoms with Gasteiger partial charge in [-0.05, 0) is 42.6 Å². The first-order chi connectivity index (χ1) is 13.4. The molecule has 7 nitrogen and oxygen atoms in total. The van der Waals surface area contributed by atoms with E-state index in [1.54, 1.807) is 20.3 Å². The van der Waals surface area contributed by atoms with E-state index in [9.17, 15) is 4.79 Å². The van der Waals surface area contributed by atoms with Crippen molar-refractivity contribution in [1.82, 2.24) is 9.88 Å². The van der Waals surface area contributed by atoms with Crippen LogP contribution in [0, 0.1) is 5.92 Å². The third-order valence-corrected chi connectivity index (χ3v) is 5.18. The van der Waals surface area contributed by atoms with Gasteiger partial charge in [0, 0.05) is 49.3 Å². The number of methoxy groups -OCH3 is 2. The smallest absolute Gasteiger partial charge is 0.300 e. The molecular weight excluding hydrogens is 360 g/mol. The summed E-state index contributed by atoms with van der Waals surface area (Å²) < 4.78 is 12.7. The van der Waals surface area contributed by atoms with Crippen LogP contribution in [-0.4, -0.2) is 43.0 Å². The minimum Gasteiger partial charge on any atom is -0.497 e. The van der Waals surface area contributed by atoms with E-state index in [4.69, 9.17) is 19.4 Å². The van der Waals surface area contributed by atoms with Crippen molar-refractivity contribution in [1.29, 1.82) is 0 Å². The van der Waals surface area contributed by atoms with Gasteiger partial charge >= 0.3 is 0 Å². The number of hydrogen-bond acceptors (Lipinski definition) is 5. The number of rotatable bonds is 3. The van der Waals surface area contributed by atoms with Crippen molar-refractivity contribution in [2.75, 3.05) is 27.3 Å². The molecule has 2 aromatic rings. The maximum Gasteiger partial charge on any atom is 0.300 e. The topological polar surface area (TPSA) is 89.8 Å². The second-order valence-corrected chi connectivity index (χ2v) is 7.16. The summed E-state index contributed by atoms with van der Waals surface area (Å²) in [6.45, 7) is 3.85. The monoisotopic (exact) mass is 386 g/mol. The van der Waals surface area contributed by atoms with Crippen LogP contribution in [-0.2, 0) is 11.3 Å². The quantitative estimate of drug-likeness (QED) is 0.842. The average Bonchev–Trinajstić information content (AvgIpc) is 2.68. The fourth-order valence-electron chi connectivity index (χ4n) is 4.00. The van der Waals surface area contributed by atoms with Crippen molar-refractivity contribution in [3.8, 4) is 22.6 Å². The summed E-state index contributed by atoms with van der Waals surface area (Å²) in [5.41, 5.74) is 3.05. The Hall–Kier alpha value is -2.80. The van der Waals surface area contributed by atoms with Crippen LogP contribution < -0.4 is 20.3 Å². The maximum atomic E-state index is 12.7. The van der Waals surface area contributed by atoms with Gasteiger partial charge in [0.1, 0.15) is 11.5 Å². The second-order valence-electron chi connectivity index (χ2n) is 7.16. The number of carbonyl (C=O) groups is 1. The number of fused-ring (bicyclic) bond motifs is 4. The molecule has 0 amide bonds. The van der Waals surface area contributed by atoms with Gasteiger partial charge in [-0.3, -0.25) is 9.59 Å². The highest BCUT2D eigenvalue weighted by Crippen LogP contribution is 2.37. The molecule has 4 rings (SSSR count). The lowest BCUT2D eigenvalue weighted by Gasteiger charge is -2.37. The van der Waals surface area contributed by atoms with Crippen LogP contribution in [0.3, 0.4) is 0 Å². The second kappa shape index (κ2) is 8.48. The summed E-state index contributed by atoms with van der Waals surface area (Å²) in [5, 5.41) is 10.9. The molecule has 0 radical (unpaired) electrons. The van der Waals surface area contributed by atoms with E-state index < -0.39 is 5.97 Å². The van der Waals surface area contributed by atoms with Crippen molar-refractivity contribution in [3.63, 3.8) is 0 Å². The predicted octanol–water partition coefficient (Wildman–Crippen LogP) is 2.33. The van der Waals surface area contributed by atoms with E-state index in [-0.39, 0.29) is 5.56 Å². The molecule has 2 aliphatic rings. The first-order valence-electron chi connectivity index (χ1n) is 9.30. The normalized spacial score (nSPS) is 19.7. The molecule has 1 aromatic carbocycles. The molecule has 0 saturated carbocycles. The van der Waals surface area contributed by atoms with Crippen molar-refractivity contribution < 1.29 is 19.4 Å². The Bertz CT molecular complexity index is 917. The van der Waals surface area contributed by atoms with Gasteiger partial charge in [0.05, 0.1) is 14.2 Å². The number of carboxylic acid groups (broad SMARTS) is 1. The zero-order valence-electron chi connectivity index (χ0n) is 16.4. The van der Waals surface area contributed by atoms with Gasteiger partial charge in [-0.25, -0.2) is 0 Å². The van der Waals surface area contributed by atoms with Gasteiger partial charge in [-0.15, -0.1) is 0 Å². The Morgan fingerprint density at radius 2 is 1.93 bits per heavy atom. The highest BCUT2D eigenvalue weighted by Gasteiger charge is 2.31. The minimum absolute atomic E-state index is 0.0805. The highest BCUT2D eigenvalue weighted by molar-refractivity contribution is 5.72. The number of carboxylic acids is 1. The summed E-state index contributed by atoms with van der Waals surface area (Å²) in [7, 11) is 3.27. The van der Waals surface area contributed by atoms with Crippen LogP contribution in [0.5, 0.6) is 11.5 Å². The van der Waals surface area contributed by atoms with Gasteiger partial charge in [0.25, 0.3) is 11.5 Å². The lowest BCUT2D eigenvalue weighted by Crippen LogP contribution is -2.44. The largest absolute Gasteiger partial charge is 0.497 e. The van der Waals surface area contributed by atoms with Gasteiger partial charge in [-0.2, -0.15) is 0 Å². The van der Waals surface area contributed by atoms with Crippen LogP contribution in [0.4, 0.5) is 0 Å². The lowest BCUT2D eigenvalue weighted by molar-refractivity contribution is -0.134. The number of benzene rings is 1. The molecule has 1 saturated heterocycles. The summed E-state index contributed by atoms with van der Waals surface area (Å²) in [6.07, 6.45) is 1.16. The van der Waals surface area contributed by atoms with Gasteiger partial charge < -0.3 is 24.5 Å². The molecule has 2 aliphatic heterocycles. The molecule has 7 heteroatoms. The Labute approximate surface area is 163 Å². The Balaban J connectivity index is 0.000000516. The number of nitrogens with zero attached hydrogens (tertiary/aromatic N) is 1. The molecule has 0 aliphatic carbocycles. The minimum atomic E-state index is -0.833. The van der Waals surface area contributed by atoms with Crippen LogP contribution >= 0.6 is 0 Å². The number of aromatic nitrogens is 1. The third kappa shape index (κ3) is 4.20. The number of nitrogens with one attached hydrogen (secondary N) is 1. The standard InChI is InChI=1S/C19H22N2O3.C2H4O2/c1-23-15-3-4-16(18(8-15)24-2)13-6-17-14-5-12(9-20-10-14)11-21(17)19(22)7-13;1-2(3)4/h3-4,6-8,12,14,20H,5,9-11H2,1-2H3;1H3,(H,3,4)/t12-,14+;/m0./s1. The Morgan fingerprint density at radius 3 is 2.61 bits per heavy atom. The maximum absolute atomic E-state index is 12.7. The molecule has 150 valence electrons. The predicted molar refractivity (Wildman–Crippen MR) is 106 cm³/mol. The van der Waals surface area contributed by atoms with Gasteiger partial charge in [0.15, 0.2) is 0 Å². The summed E-state index contributed by atoms with van der Waals surface area (Å²) in [6, 6.07) is 9.58. The number of ether oxygens (including phenoxy) is 2. The van der Waals surface area contributed by atoms with E-state index in [0.29, 0.717) is 17.6 Å². The zero-order chi connectivity index (χ0) is 20.3. The van der Waals surface area contributed by atoms with Crippen LogP contribution in [0.15, 0.2) is 35.1 Å².